The lowest BCUT2D eigenvalue weighted by molar-refractivity contribution is 0.197. The highest BCUT2D eigenvalue weighted by Crippen LogP contribution is 2.30. The molecule has 1 aromatic carbocycles. The van der Waals surface area contributed by atoms with Gasteiger partial charge in [0.2, 0.25) is 0 Å². The topological polar surface area (TPSA) is 15.3 Å². The lowest BCUT2D eigenvalue weighted by atomic mass is 9.96. The van der Waals surface area contributed by atoms with Crippen molar-refractivity contribution in [3.8, 4) is 0 Å². The van der Waals surface area contributed by atoms with E-state index in [4.69, 9.17) is 23.2 Å². The molecule has 1 unspecified atom stereocenters. The fourth-order valence-electron chi connectivity index (χ4n) is 2.71. The van der Waals surface area contributed by atoms with E-state index >= 15 is 0 Å². The Morgan fingerprint density at radius 3 is 2.63 bits per heavy atom. The Hall–Kier alpha value is -0.280. The first-order valence-electron chi connectivity index (χ1n) is 6.94. The summed E-state index contributed by atoms with van der Waals surface area (Å²) in [4.78, 5) is 2.39. The smallest absolute Gasteiger partial charge is 0.0468 e. The normalized spacial score (nSPS) is 18.8. The Morgan fingerprint density at radius 2 is 2.00 bits per heavy atom. The minimum absolute atomic E-state index is 0.319. The van der Waals surface area contributed by atoms with Gasteiger partial charge in [-0.1, -0.05) is 29.3 Å². The lowest BCUT2D eigenvalue weighted by Gasteiger charge is -2.31. The summed E-state index contributed by atoms with van der Waals surface area (Å²) in [5.74, 6) is 0.791. The Bertz CT molecular complexity index is 417. The fraction of sp³-hybridized carbons (Fsp3) is 0.600. The van der Waals surface area contributed by atoms with E-state index in [2.05, 4.69) is 24.2 Å². The predicted molar refractivity (Wildman–Crippen MR) is 83.1 cm³/mol. The van der Waals surface area contributed by atoms with Crippen molar-refractivity contribution in [3.63, 3.8) is 0 Å². The fourth-order valence-corrected chi connectivity index (χ4v) is 3.27. The largest absolute Gasteiger partial charge is 0.317 e. The minimum atomic E-state index is 0.319. The summed E-state index contributed by atoms with van der Waals surface area (Å²) in [5.41, 5.74) is 1.16. The van der Waals surface area contributed by atoms with E-state index in [9.17, 15) is 0 Å². The van der Waals surface area contributed by atoms with Crippen LogP contribution < -0.4 is 5.32 Å². The van der Waals surface area contributed by atoms with Crippen LogP contribution in [0, 0.1) is 5.92 Å². The van der Waals surface area contributed by atoms with Crippen molar-refractivity contribution in [3.05, 3.63) is 33.8 Å². The average molecular weight is 301 g/mol. The van der Waals surface area contributed by atoms with Crippen LogP contribution in [0.25, 0.3) is 0 Å². The van der Waals surface area contributed by atoms with Gasteiger partial charge in [-0.2, -0.15) is 0 Å². The molecule has 106 valence electrons. The van der Waals surface area contributed by atoms with E-state index in [1.165, 1.54) is 12.8 Å². The van der Waals surface area contributed by atoms with Gasteiger partial charge in [-0.15, -0.1) is 0 Å². The monoisotopic (exact) mass is 300 g/mol. The maximum absolute atomic E-state index is 6.29. The molecule has 1 aliphatic heterocycles. The zero-order chi connectivity index (χ0) is 13.8. The van der Waals surface area contributed by atoms with Crippen LogP contribution in [0.5, 0.6) is 0 Å². The van der Waals surface area contributed by atoms with Crippen molar-refractivity contribution in [2.75, 3.05) is 26.7 Å². The molecule has 0 radical (unpaired) electrons. The second-order valence-corrected chi connectivity index (χ2v) is 6.32. The third kappa shape index (κ3) is 4.09. The average Bonchev–Trinajstić information content (AvgIpc) is 2.39. The summed E-state index contributed by atoms with van der Waals surface area (Å²) in [6.07, 6.45) is 2.54. The van der Waals surface area contributed by atoms with Crippen LogP contribution in [-0.2, 0) is 0 Å². The third-order valence-corrected chi connectivity index (χ3v) is 4.64. The molecule has 0 aliphatic carbocycles. The number of nitrogens with zero attached hydrogens (tertiary/aromatic N) is 1. The van der Waals surface area contributed by atoms with E-state index in [1.807, 2.05) is 18.2 Å². The quantitative estimate of drug-likeness (QED) is 0.904. The van der Waals surface area contributed by atoms with E-state index in [-0.39, 0.29) is 0 Å². The number of rotatable bonds is 4. The van der Waals surface area contributed by atoms with Gasteiger partial charge < -0.3 is 5.32 Å². The van der Waals surface area contributed by atoms with Gasteiger partial charge in [0.1, 0.15) is 0 Å². The van der Waals surface area contributed by atoms with E-state index in [1.54, 1.807) is 0 Å². The molecule has 19 heavy (non-hydrogen) atoms. The lowest BCUT2D eigenvalue weighted by Crippen LogP contribution is -2.35. The Balaban J connectivity index is 1.99. The van der Waals surface area contributed by atoms with Gasteiger partial charge in [0.15, 0.2) is 0 Å². The molecule has 1 aliphatic rings. The molecule has 0 aromatic heterocycles. The number of hydrogen-bond donors (Lipinski definition) is 1. The number of nitrogens with one attached hydrogen (secondary N) is 1. The van der Waals surface area contributed by atoms with Gasteiger partial charge in [0.25, 0.3) is 0 Å². The van der Waals surface area contributed by atoms with Gasteiger partial charge in [0, 0.05) is 22.6 Å². The molecule has 1 aromatic rings. The number of halogens is 2. The second-order valence-electron chi connectivity index (χ2n) is 5.47. The zero-order valence-electron chi connectivity index (χ0n) is 11.6. The number of benzene rings is 1. The van der Waals surface area contributed by atoms with Crippen molar-refractivity contribution < 1.29 is 0 Å². The molecular weight excluding hydrogens is 279 g/mol. The minimum Gasteiger partial charge on any atom is -0.317 e. The van der Waals surface area contributed by atoms with Gasteiger partial charge in [-0.05, 0) is 63.5 Å². The van der Waals surface area contributed by atoms with Gasteiger partial charge >= 0.3 is 0 Å². The summed E-state index contributed by atoms with van der Waals surface area (Å²) in [6, 6.07) is 6.10. The molecular formula is C15H22Cl2N2. The van der Waals surface area contributed by atoms with Crippen LogP contribution in [0.15, 0.2) is 18.2 Å². The molecule has 0 spiro atoms. The summed E-state index contributed by atoms with van der Waals surface area (Å²) in [7, 11) is 2.18. The molecule has 1 heterocycles. The standard InChI is InChI=1S/C15H22Cl2N2/c1-11(14-4-3-13(16)9-15(14)17)19(2)10-12-5-7-18-8-6-12/h3-4,9,11-12,18H,5-8,10H2,1-2H3. The summed E-state index contributed by atoms with van der Waals surface area (Å²) < 4.78 is 0. The van der Waals surface area contributed by atoms with Crippen molar-refractivity contribution in [1.82, 2.24) is 10.2 Å². The van der Waals surface area contributed by atoms with Crippen LogP contribution >= 0.6 is 23.2 Å². The first-order chi connectivity index (χ1) is 9.08. The molecule has 0 saturated carbocycles. The van der Waals surface area contributed by atoms with E-state index in [0.29, 0.717) is 11.1 Å². The van der Waals surface area contributed by atoms with Crippen LogP contribution in [0.2, 0.25) is 10.0 Å². The van der Waals surface area contributed by atoms with Crippen LogP contribution in [0.1, 0.15) is 31.4 Å². The molecule has 1 N–H and O–H groups in total. The van der Waals surface area contributed by atoms with Crippen LogP contribution in [-0.4, -0.2) is 31.6 Å². The molecule has 0 amide bonds. The summed E-state index contributed by atoms with van der Waals surface area (Å²) in [6.45, 7) is 5.63. The molecule has 1 fully saturated rings. The molecule has 2 nitrogen and oxygen atoms in total. The highest BCUT2D eigenvalue weighted by atomic mass is 35.5. The Labute approximate surface area is 126 Å². The SMILES string of the molecule is CC(c1ccc(Cl)cc1Cl)N(C)CC1CCNCC1. The summed E-state index contributed by atoms with van der Waals surface area (Å²) >= 11 is 12.2. The highest BCUT2D eigenvalue weighted by Gasteiger charge is 2.20. The van der Waals surface area contributed by atoms with E-state index in [0.717, 1.165) is 36.1 Å². The van der Waals surface area contributed by atoms with Crippen molar-refractivity contribution in [2.45, 2.75) is 25.8 Å². The number of piperidine rings is 1. The third-order valence-electron chi connectivity index (χ3n) is 4.08. The van der Waals surface area contributed by atoms with Gasteiger partial charge in [-0.25, -0.2) is 0 Å². The molecule has 4 heteroatoms. The zero-order valence-corrected chi connectivity index (χ0v) is 13.1. The van der Waals surface area contributed by atoms with Gasteiger partial charge in [0.05, 0.1) is 0 Å². The van der Waals surface area contributed by atoms with Gasteiger partial charge in [-0.3, -0.25) is 4.90 Å². The predicted octanol–water partition coefficient (Wildman–Crippen LogP) is 3.99. The first-order valence-corrected chi connectivity index (χ1v) is 7.69. The van der Waals surface area contributed by atoms with Crippen molar-refractivity contribution in [1.29, 1.82) is 0 Å². The first kappa shape index (κ1) is 15.1. The van der Waals surface area contributed by atoms with Crippen LogP contribution in [0.4, 0.5) is 0 Å². The maximum Gasteiger partial charge on any atom is 0.0468 e. The van der Waals surface area contributed by atoms with E-state index < -0.39 is 0 Å². The van der Waals surface area contributed by atoms with Crippen molar-refractivity contribution >= 4 is 23.2 Å². The molecule has 1 atom stereocenters. The molecule has 0 bridgehead atoms. The maximum atomic E-state index is 6.29. The highest BCUT2D eigenvalue weighted by molar-refractivity contribution is 6.35. The van der Waals surface area contributed by atoms with Crippen LogP contribution in [0.3, 0.4) is 0 Å². The Kier molecular flexibility index (Phi) is 5.52. The Morgan fingerprint density at radius 1 is 1.32 bits per heavy atom. The molecule has 1 saturated heterocycles. The number of hydrogen-bond acceptors (Lipinski definition) is 2. The second kappa shape index (κ2) is 6.94. The summed E-state index contributed by atoms with van der Waals surface area (Å²) in [5, 5.41) is 4.87. The van der Waals surface area contributed by atoms with Crippen molar-refractivity contribution in [2.24, 2.45) is 5.92 Å². The molecule has 2 rings (SSSR count).